The van der Waals surface area contributed by atoms with Crippen molar-refractivity contribution in [2.45, 2.75) is 26.2 Å². The molecule has 1 atom stereocenters. The monoisotopic (exact) mass is 253 g/mol. The van der Waals surface area contributed by atoms with Crippen LogP contribution in [0.25, 0.3) is 0 Å². The molecule has 1 unspecified atom stereocenters. The van der Waals surface area contributed by atoms with Crippen molar-refractivity contribution in [2.24, 2.45) is 5.92 Å². The van der Waals surface area contributed by atoms with Gasteiger partial charge in [-0.3, -0.25) is 4.79 Å². The van der Waals surface area contributed by atoms with Crippen LogP contribution in [0.15, 0.2) is 0 Å². The molecule has 0 aromatic heterocycles. The van der Waals surface area contributed by atoms with Crippen LogP contribution in [-0.2, 0) is 4.79 Å². The van der Waals surface area contributed by atoms with E-state index in [-0.39, 0.29) is 0 Å². The first-order chi connectivity index (χ1) is 8.69. The Kier molecular flexibility index (Phi) is 5.01. The lowest BCUT2D eigenvalue weighted by atomic mass is 9.94. The van der Waals surface area contributed by atoms with Crippen molar-refractivity contribution in [1.29, 1.82) is 0 Å². The molecule has 2 heterocycles. The summed E-state index contributed by atoms with van der Waals surface area (Å²) in [4.78, 5) is 19.1. The molecule has 0 radical (unpaired) electrons. The average molecular weight is 253 g/mol. The van der Waals surface area contributed by atoms with Gasteiger partial charge in [-0.25, -0.2) is 0 Å². The summed E-state index contributed by atoms with van der Waals surface area (Å²) in [7, 11) is 2.16. The molecule has 0 aliphatic carbocycles. The third-order valence-electron chi connectivity index (χ3n) is 4.36. The van der Waals surface area contributed by atoms with Crippen molar-refractivity contribution in [3.63, 3.8) is 0 Å². The summed E-state index contributed by atoms with van der Waals surface area (Å²) in [5.74, 6) is 0.964. The zero-order chi connectivity index (χ0) is 13.0. The lowest BCUT2D eigenvalue weighted by Crippen LogP contribution is -2.49. The Bertz CT molecular complexity index is 274. The summed E-state index contributed by atoms with van der Waals surface area (Å²) in [5, 5.41) is 0. The fourth-order valence-corrected chi connectivity index (χ4v) is 3.13. The first kappa shape index (κ1) is 13.8. The molecule has 104 valence electrons. The van der Waals surface area contributed by atoms with Crippen LogP contribution in [0.4, 0.5) is 0 Å². The van der Waals surface area contributed by atoms with E-state index in [1.165, 1.54) is 19.4 Å². The smallest absolute Gasteiger partial charge is 0.222 e. The number of likely N-dealkylation sites (N-methyl/N-ethyl adjacent to an activating group) is 1. The SMILES string of the molecule is CCN1CCN(C(=O)CC2CCCN(C)C2)CC1. The van der Waals surface area contributed by atoms with E-state index in [0.29, 0.717) is 11.8 Å². The minimum atomic E-state index is 0.381. The Labute approximate surface area is 111 Å². The third kappa shape index (κ3) is 3.69. The number of rotatable bonds is 3. The molecular formula is C14H27N3O. The fraction of sp³-hybridized carbons (Fsp3) is 0.929. The highest BCUT2D eigenvalue weighted by molar-refractivity contribution is 5.76. The topological polar surface area (TPSA) is 26.8 Å². The van der Waals surface area contributed by atoms with Gasteiger partial charge in [-0.2, -0.15) is 0 Å². The molecule has 2 saturated heterocycles. The quantitative estimate of drug-likeness (QED) is 0.747. The van der Waals surface area contributed by atoms with Gasteiger partial charge in [-0.1, -0.05) is 6.92 Å². The second-order valence-corrected chi connectivity index (χ2v) is 5.79. The Morgan fingerprint density at radius 2 is 1.89 bits per heavy atom. The molecule has 2 aliphatic rings. The van der Waals surface area contributed by atoms with E-state index >= 15 is 0 Å². The van der Waals surface area contributed by atoms with Crippen LogP contribution in [0.2, 0.25) is 0 Å². The second kappa shape index (κ2) is 6.53. The summed E-state index contributed by atoms with van der Waals surface area (Å²) in [6.07, 6.45) is 3.24. The molecule has 0 N–H and O–H groups in total. The van der Waals surface area contributed by atoms with Gasteiger partial charge >= 0.3 is 0 Å². The number of hydrogen-bond acceptors (Lipinski definition) is 3. The molecule has 0 aromatic rings. The Morgan fingerprint density at radius 1 is 1.17 bits per heavy atom. The van der Waals surface area contributed by atoms with Gasteiger partial charge < -0.3 is 14.7 Å². The third-order valence-corrected chi connectivity index (χ3v) is 4.36. The molecule has 0 bridgehead atoms. The molecule has 2 aliphatic heterocycles. The van der Waals surface area contributed by atoms with E-state index in [9.17, 15) is 4.79 Å². The minimum absolute atomic E-state index is 0.381. The predicted molar refractivity (Wildman–Crippen MR) is 73.5 cm³/mol. The summed E-state index contributed by atoms with van der Waals surface area (Å²) in [6.45, 7) is 9.54. The molecule has 0 aromatic carbocycles. The fourth-order valence-electron chi connectivity index (χ4n) is 3.13. The van der Waals surface area contributed by atoms with Gasteiger partial charge in [0.1, 0.15) is 0 Å². The number of piperazine rings is 1. The van der Waals surface area contributed by atoms with E-state index in [4.69, 9.17) is 0 Å². The number of piperidine rings is 1. The summed E-state index contributed by atoms with van der Waals surface area (Å²) < 4.78 is 0. The van der Waals surface area contributed by atoms with Gasteiger partial charge in [0.25, 0.3) is 0 Å². The zero-order valence-corrected chi connectivity index (χ0v) is 11.9. The maximum Gasteiger partial charge on any atom is 0.222 e. The standard InChI is InChI=1S/C14H27N3O/c1-3-16-7-9-17(10-8-16)14(18)11-13-5-4-6-15(2)12-13/h13H,3-12H2,1-2H3. The summed E-state index contributed by atoms with van der Waals surface area (Å²) in [5.41, 5.74) is 0. The molecule has 2 fully saturated rings. The highest BCUT2D eigenvalue weighted by atomic mass is 16.2. The van der Waals surface area contributed by atoms with Crippen molar-refractivity contribution in [3.05, 3.63) is 0 Å². The Balaban J connectivity index is 1.74. The van der Waals surface area contributed by atoms with Crippen LogP contribution in [0.3, 0.4) is 0 Å². The average Bonchev–Trinajstić information content (AvgIpc) is 2.39. The molecule has 4 heteroatoms. The summed E-state index contributed by atoms with van der Waals surface area (Å²) in [6, 6.07) is 0. The second-order valence-electron chi connectivity index (χ2n) is 5.79. The van der Waals surface area contributed by atoms with Gasteiger partial charge in [-0.15, -0.1) is 0 Å². The largest absolute Gasteiger partial charge is 0.340 e. The van der Waals surface area contributed by atoms with Crippen LogP contribution < -0.4 is 0 Å². The number of likely N-dealkylation sites (tertiary alicyclic amines) is 1. The normalized spacial score (nSPS) is 27.4. The van der Waals surface area contributed by atoms with Gasteiger partial charge in [0, 0.05) is 39.1 Å². The molecule has 4 nitrogen and oxygen atoms in total. The number of carbonyl (C=O) groups excluding carboxylic acids is 1. The lowest BCUT2D eigenvalue weighted by Gasteiger charge is -2.36. The van der Waals surface area contributed by atoms with Crippen LogP contribution in [-0.4, -0.2) is 73.5 Å². The summed E-state index contributed by atoms with van der Waals surface area (Å²) >= 11 is 0. The predicted octanol–water partition coefficient (Wildman–Crippen LogP) is 0.882. The van der Waals surface area contributed by atoms with E-state index in [1.54, 1.807) is 0 Å². The molecule has 0 spiro atoms. The van der Waals surface area contributed by atoms with E-state index < -0.39 is 0 Å². The first-order valence-electron chi connectivity index (χ1n) is 7.37. The van der Waals surface area contributed by atoms with Crippen LogP contribution in [0.1, 0.15) is 26.2 Å². The number of nitrogens with zero attached hydrogens (tertiary/aromatic N) is 3. The highest BCUT2D eigenvalue weighted by Crippen LogP contribution is 2.19. The molecule has 18 heavy (non-hydrogen) atoms. The van der Waals surface area contributed by atoms with Crippen molar-refractivity contribution >= 4 is 5.91 Å². The molecular weight excluding hydrogens is 226 g/mol. The Hall–Kier alpha value is -0.610. The number of amides is 1. The van der Waals surface area contributed by atoms with Crippen molar-refractivity contribution < 1.29 is 4.79 Å². The molecule has 0 saturated carbocycles. The van der Waals surface area contributed by atoms with E-state index in [0.717, 1.165) is 45.7 Å². The van der Waals surface area contributed by atoms with Gasteiger partial charge in [0.05, 0.1) is 0 Å². The minimum Gasteiger partial charge on any atom is -0.340 e. The number of carbonyl (C=O) groups is 1. The molecule has 2 rings (SSSR count). The molecule has 1 amide bonds. The van der Waals surface area contributed by atoms with E-state index in [2.05, 4.69) is 28.7 Å². The highest BCUT2D eigenvalue weighted by Gasteiger charge is 2.25. The van der Waals surface area contributed by atoms with Crippen molar-refractivity contribution in [1.82, 2.24) is 14.7 Å². The number of hydrogen-bond donors (Lipinski definition) is 0. The van der Waals surface area contributed by atoms with Gasteiger partial charge in [0.15, 0.2) is 0 Å². The van der Waals surface area contributed by atoms with E-state index in [1.807, 2.05) is 0 Å². The zero-order valence-electron chi connectivity index (χ0n) is 11.9. The van der Waals surface area contributed by atoms with Crippen LogP contribution in [0.5, 0.6) is 0 Å². The van der Waals surface area contributed by atoms with Crippen LogP contribution >= 0.6 is 0 Å². The first-order valence-corrected chi connectivity index (χ1v) is 7.37. The van der Waals surface area contributed by atoms with Gasteiger partial charge in [-0.05, 0) is 38.9 Å². The maximum atomic E-state index is 12.3. The van der Waals surface area contributed by atoms with Crippen molar-refractivity contribution in [3.8, 4) is 0 Å². The lowest BCUT2D eigenvalue weighted by molar-refractivity contribution is -0.134. The van der Waals surface area contributed by atoms with Crippen molar-refractivity contribution in [2.75, 3.05) is 52.9 Å². The maximum absolute atomic E-state index is 12.3. The van der Waals surface area contributed by atoms with Crippen LogP contribution in [0, 0.1) is 5.92 Å². The Morgan fingerprint density at radius 3 is 2.50 bits per heavy atom. The van der Waals surface area contributed by atoms with Gasteiger partial charge in [0.2, 0.25) is 5.91 Å².